The Morgan fingerprint density at radius 2 is 1.94 bits per heavy atom. The Hall–Kier alpha value is -2.76. The maximum Gasteiger partial charge on any atom is 0.332 e. The van der Waals surface area contributed by atoms with Gasteiger partial charge in [-0.15, -0.1) is 11.8 Å². The molecule has 2 fully saturated rings. The zero-order valence-corrected chi connectivity index (χ0v) is 19.3. The lowest BCUT2D eigenvalue weighted by atomic mass is 9.88. The predicted molar refractivity (Wildman–Crippen MR) is 121 cm³/mol. The molecule has 0 aliphatic carbocycles. The van der Waals surface area contributed by atoms with Crippen molar-refractivity contribution in [2.75, 3.05) is 12.3 Å². The van der Waals surface area contributed by atoms with Crippen molar-refractivity contribution in [2.24, 2.45) is 0 Å². The molecule has 2 saturated heterocycles. The third kappa shape index (κ3) is 8.26. The first-order chi connectivity index (χ1) is 15.9. The number of aldehydes is 1. The summed E-state index contributed by atoms with van der Waals surface area (Å²) in [5.74, 6) is -0.802. The van der Waals surface area contributed by atoms with E-state index in [-0.39, 0.29) is 43.3 Å². The topological polar surface area (TPSA) is 163 Å². The monoisotopic (exact) mass is 484 g/mol. The van der Waals surface area contributed by atoms with Crippen LogP contribution < -0.4 is 21.4 Å². The van der Waals surface area contributed by atoms with Crippen molar-refractivity contribution in [3.8, 4) is 0 Å². The largest absolute Gasteiger partial charge is 0.481 e. The molecule has 3 atom stereocenters. The number of rotatable bonds is 16. The van der Waals surface area contributed by atoms with Crippen molar-refractivity contribution in [3.63, 3.8) is 0 Å². The molecule has 0 aromatic heterocycles. The summed E-state index contributed by atoms with van der Waals surface area (Å²) in [6.07, 6.45) is 7.70. The van der Waals surface area contributed by atoms with Gasteiger partial charge in [0.2, 0.25) is 5.91 Å². The molecule has 3 amide bonds. The van der Waals surface area contributed by atoms with Gasteiger partial charge in [0.1, 0.15) is 11.0 Å². The van der Waals surface area contributed by atoms with Gasteiger partial charge < -0.3 is 30.7 Å². The van der Waals surface area contributed by atoms with Gasteiger partial charge >= 0.3 is 18.0 Å². The van der Waals surface area contributed by atoms with Gasteiger partial charge in [-0.2, -0.15) is 0 Å². The number of thioether (sulfide) groups is 1. The van der Waals surface area contributed by atoms with Gasteiger partial charge in [0.05, 0.1) is 12.1 Å². The molecule has 0 bridgehead atoms. The van der Waals surface area contributed by atoms with Gasteiger partial charge in [-0.25, -0.2) is 15.1 Å². The number of fused-ring (bicyclic) bond motifs is 1. The molecule has 0 aromatic carbocycles. The van der Waals surface area contributed by atoms with Crippen molar-refractivity contribution in [1.29, 1.82) is 0 Å². The summed E-state index contributed by atoms with van der Waals surface area (Å²) in [5.41, 5.74) is 2.35. The van der Waals surface area contributed by atoms with E-state index < -0.39 is 16.7 Å². The van der Waals surface area contributed by atoms with E-state index in [0.29, 0.717) is 44.4 Å². The molecule has 2 rings (SSSR count). The van der Waals surface area contributed by atoms with Gasteiger partial charge in [0.15, 0.2) is 0 Å². The van der Waals surface area contributed by atoms with E-state index in [1.165, 1.54) is 24.0 Å². The third-order valence-electron chi connectivity index (χ3n) is 5.54. The predicted octanol–water partition coefficient (Wildman–Crippen LogP) is 0.994. The summed E-state index contributed by atoms with van der Waals surface area (Å²) in [7, 11) is 0. The van der Waals surface area contributed by atoms with Crippen LogP contribution in [0.5, 0.6) is 0 Å². The van der Waals surface area contributed by atoms with E-state index >= 15 is 0 Å². The number of carboxylic acid groups (broad SMARTS) is 1. The standard InChI is InChI=1S/C21H32N4O7S/c26-13-7-6-12-23-32-17(29)9-2-1-5-11-22-19(30)21(10-4-3-8-16(27)28)18-15(14-33-21)24-20(31)25-18/h6,12-13,15,18,23H,1-5,7-11,14H2,(H,22,30)(H,27,28)(H2,24,25,31)/t15-,18-,21-/m0/s1. The highest BCUT2D eigenvalue weighted by Gasteiger charge is 2.57. The average Bonchev–Trinajstić information content (AvgIpc) is 3.31. The maximum atomic E-state index is 13.1. The molecule has 0 saturated carbocycles. The zero-order chi connectivity index (χ0) is 24.1. The molecule has 2 aliphatic heterocycles. The van der Waals surface area contributed by atoms with Crippen LogP contribution in [0.15, 0.2) is 12.3 Å². The Balaban J connectivity index is 1.72. The Morgan fingerprint density at radius 3 is 2.70 bits per heavy atom. The highest BCUT2D eigenvalue weighted by molar-refractivity contribution is 8.01. The van der Waals surface area contributed by atoms with E-state index in [9.17, 15) is 24.0 Å². The van der Waals surface area contributed by atoms with E-state index in [2.05, 4.69) is 21.4 Å². The number of carboxylic acids is 1. The number of allylic oxidation sites excluding steroid dienone is 1. The molecule has 2 aliphatic rings. The molecule has 184 valence electrons. The second-order valence-electron chi connectivity index (χ2n) is 7.97. The number of urea groups is 1. The summed E-state index contributed by atoms with van der Waals surface area (Å²) in [6.45, 7) is 0.441. The van der Waals surface area contributed by atoms with Crippen molar-refractivity contribution in [1.82, 2.24) is 21.4 Å². The Morgan fingerprint density at radius 1 is 1.15 bits per heavy atom. The second-order valence-corrected chi connectivity index (χ2v) is 9.32. The molecular formula is C21H32N4O7S. The van der Waals surface area contributed by atoms with Crippen LogP contribution in [0.3, 0.4) is 0 Å². The number of carbonyl (C=O) groups excluding carboxylic acids is 4. The number of aliphatic carboxylic acids is 1. The van der Waals surface area contributed by atoms with Crippen LogP contribution in [0.4, 0.5) is 4.79 Å². The van der Waals surface area contributed by atoms with Gasteiger partial charge in [0, 0.05) is 37.8 Å². The van der Waals surface area contributed by atoms with Crippen LogP contribution in [-0.2, 0) is 24.0 Å². The molecule has 0 spiro atoms. The molecule has 12 heteroatoms. The summed E-state index contributed by atoms with van der Waals surface area (Å²) in [6, 6.07) is -0.739. The van der Waals surface area contributed by atoms with Crippen molar-refractivity contribution < 1.29 is 33.9 Å². The van der Waals surface area contributed by atoms with Crippen molar-refractivity contribution >= 4 is 41.9 Å². The van der Waals surface area contributed by atoms with E-state index in [1.807, 2.05) is 0 Å². The van der Waals surface area contributed by atoms with Gasteiger partial charge in [-0.3, -0.25) is 9.59 Å². The second kappa shape index (κ2) is 13.7. The lowest BCUT2D eigenvalue weighted by Gasteiger charge is -2.32. The quantitative estimate of drug-likeness (QED) is 0.0930. The fourth-order valence-corrected chi connectivity index (χ4v) is 5.55. The number of amides is 3. The average molecular weight is 485 g/mol. The van der Waals surface area contributed by atoms with Gasteiger partial charge in [-0.1, -0.05) is 18.9 Å². The van der Waals surface area contributed by atoms with Crippen LogP contribution in [0.2, 0.25) is 0 Å². The minimum Gasteiger partial charge on any atom is -0.481 e. The molecule has 0 aromatic rings. The minimum absolute atomic E-state index is 0.0497. The van der Waals surface area contributed by atoms with E-state index in [0.717, 1.165) is 12.7 Å². The number of hydroxylamine groups is 1. The lowest BCUT2D eigenvalue weighted by molar-refractivity contribution is -0.149. The lowest BCUT2D eigenvalue weighted by Crippen LogP contribution is -2.56. The highest BCUT2D eigenvalue weighted by Crippen LogP contribution is 2.44. The third-order valence-corrected chi connectivity index (χ3v) is 7.22. The first-order valence-corrected chi connectivity index (χ1v) is 12.1. The summed E-state index contributed by atoms with van der Waals surface area (Å²) in [5, 5.41) is 17.5. The molecule has 5 N–H and O–H groups in total. The zero-order valence-electron chi connectivity index (χ0n) is 18.5. The number of unbranched alkanes of at least 4 members (excludes halogenated alkanes) is 3. The molecule has 2 heterocycles. The summed E-state index contributed by atoms with van der Waals surface area (Å²) >= 11 is 1.51. The number of hydrogen-bond acceptors (Lipinski definition) is 8. The minimum atomic E-state index is -0.865. The highest BCUT2D eigenvalue weighted by atomic mass is 32.2. The first-order valence-electron chi connectivity index (χ1n) is 11.1. The summed E-state index contributed by atoms with van der Waals surface area (Å²) < 4.78 is -0.824. The fourth-order valence-electron chi connectivity index (χ4n) is 3.90. The van der Waals surface area contributed by atoms with Crippen LogP contribution in [-0.4, -0.2) is 64.4 Å². The van der Waals surface area contributed by atoms with Crippen LogP contribution in [0.25, 0.3) is 0 Å². The van der Waals surface area contributed by atoms with Gasteiger partial charge in [0.25, 0.3) is 0 Å². The molecule has 33 heavy (non-hydrogen) atoms. The Labute approximate surface area is 196 Å². The number of hydrogen-bond donors (Lipinski definition) is 5. The summed E-state index contributed by atoms with van der Waals surface area (Å²) in [4.78, 5) is 62.3. The first kappa shape index (κ1) is 26.5. The van der Waals surface area contributed by atoms with Crippen LogP contribution in [0, 0.1) is 0 Å². The Kier molecular flexibility index (Phi) is 11.0. The van der Waals surface area contributed by atoms with Gasteiger partial charge in [-0.05, 0) is 25.7 Å². The van der Waals surface area contributed by atoms with Crippen LogP contribution in [0.1, 0.15) is 57.8 Å². The molecular weight excluding hydrogens is 452 g/mol. The van der Waals surface area contributed by atoms with Crippen molar-refractivity contribution in [3.05, 3.63) is 12.3 Å². The van der Waals surface area contributed by atoms with Crippen LogP contribution >= 0.6 is 11.8 Å². The van der Waals surface area contributed by atoms with E-state index in [1.54, 1.807) is 0 Å². The maximum absolute atomic E-state index is 13.1. The number of carbonyl (C=O) groups is 5. The fraction of sp³-hybridized carbons (Fsp3) is 0.667. The van der Waals surface area contributed by atoms with E-state index in [4.69, 9.17) is 9.94 Å². The van der Waals surface area contributed by atoms with Crippen molar-refractivity contribution in [2.45, 2.75) is 74.6 Å². The SMILES string of the molecule is O=CCC=CNOC(=O)CCCCCNC(=O)[C@@]1(CCCCC(=O)O)SC[C@@H]2NC(=O)N[C@@H]21. The molecule has 11 nitrogen and oxygen atoms in total. The smallest absolute Gasteiger partial charge is 0.332 e. The normalized spacial score (nSPS) is 23.5. The molecule has 0 unspecified atom stereocenters. The molecule has 0 radical (unpaired) electrons. The Bertz CT molecular complexity index is 748. The number of nitrogens with one attached hydrogen (secondary N) is 4.